The van der Waals surface area contributed by atoms with Crippen molar-refractivity contribution in [3.8, 4) is 11.5 Å². The van der Waals surface area contributed by atoms with Crippen molar-refractivity contribution >= 4 is 5.91 Å². The molecule has 3 rings (SSSR count). The molecule has 3 aromatic rings. The minimum atomic E-state index is -0.200. The molecule has 0 aliphatic rings. The first-order valence-corrected chi connectivity index (χ1v) is 9.22. The van der Waals surface area contributed by atoms with Crippen molar-refractivity contribution in [2.75, 3.05) is 14.2 Å². The lowest BCUT2D eigenvalue weighted by Gasteiger charge is -2.20. The van der Waals surface area contributed by atoms with Gasteiger partial charge < -0.3 is 14.8 Å². The van der Waals surface area contributed by atoms with Gasteiger partial charge in [-0.15, -0.1) is 0 Å². The number of aryl methyl sites for hydroxylation is 1. The minimum absolute atomic E-state index is 0.0540. The molecule has 0 spiro atoms. The zero-order chi connectivity index (χ0) is 19.9. The molecule has 0 aromatic heterocycles. The Kier molecular flexibility index (Phi) is 6.33. The Bertz CT molecular complexity index is 920. The number of rotatable bonds is 7. The van der Waals surface area contributed by atoms with Gasteiger partial charge in [-0.25, -0.2) is 0 Å². The third-order valence-corrected chi connectivity index (χ3v) is 4.66. The Morgan fingerprint density at radius 1 is 0.857 bits per heavy atom. The Morgan fingerprint density at radius 3 is 2.14 bits per heavy atom. The van der Waals surface area contributed by atoms with E-state index in [0.29, 0.717) is 11.5 Å². The lowest BCUT2D eigenvalue weighted by molar-refractivity contribution is -0.120. The number of methoxy groups -OCH3 is 2. The van der Waals surface area contributed by atoms with Crippen molar-refractivity contribution in [2.45, 2.75) is 19.4 Å². The van der Waals surface area contributed by atoms with Gasteiger partial charge in [-0.1, -0.05) is 66.2 Å². The fourth-order valence-electron chi connectivity index (χ4n) is 3.15. The number of benzene rings is 3. The number of hydrogen-bond donors (Lipinski definition) is 1. The van der Waals surface area contributed by atoms with Gasteiger partial charge in [-0.2, -0.15) is 0 Å². The molecule has 0 radical (unpaired) electrons. The highest BCUT2D eigenvalue weighted by Gasteiger charge is 2.17. The molecule has 4 heteroatoms. The number of ether oxygens (including phenoxy) is 2. The van der Waals surface area contributed by atoms with Crippen molar-refractivity contribution in [1.82, 2.24) is 5.32 Å². The summed E-state index contributed by atoms with van der Waals surface area (Å²) in [4.78, 5) is 12.8. The van der Waals surface area contributed by atoms with E-state index in [-0.39, 0.29) is 18.4 Å². The van der Waals surface area contributed by atoms with Crippen LogP contribution in [0.1, 0.15) is 28.3 Å². The summed E-state index contributed by atoms with van der Waals surface area (Å²) in [5.74, 6) is 1.21. The zero-order valence-corrected chi connectivity index (χ0v) is 16.4. The van der Waals surface area contributed by atoms with Gasteiger partial charge >= 0.3 is 0 Å². The van der Waals surface area contributed by atoms with Crippen LogP contribution in [0.15, 0.2) is 72.8 Å². The van der Waals surface area contributed by atoms with E-state index in [9.17, 15) is 4.79 Å². The monoisotopic (exact) mass is 375 g/mol. The second kappa shape index (κ2) is 9.09. The predicted octanol–water partition coefficient (Wildman–Crippen LogP) is 4.46. The van der Waals surface area contributed by atoms with E-state index in [0.717, 1.165) is 16.7 Å². The van der Waals surface area contributed by atoms with Crippen LogP contribution in [-0.4, -0.2) is 20.1 Å². The SMILES string of the molecule is COc1ccc(CC(=O)N[C@H](c2ccccc2)c2ccc(C)cc2)cc1OC. The Balaban J connectivity index is 1.81. The highest BCUT2D eigenvalue weighted by atomic mass is 16.5. The third kappa shape index (κ3) is 4.71. The molecule has 1 amide bonds. The molecular formula is C24H25NO3. The molecule has 1 N–H and O–H groups in total. The van der Waals surface area contributed by atoms with E-state index in [1.807, 2.05) is 48.5 Å². The van der Waals surface area contributed by atoms with Crippen molar-refractivity contribution in [2.24, 2.45) is 0 Å². The summed E-state index contributed by atoms with van der Waals surface area (Å²) in [6.45, 7) is 2.05. The summed E-state index contributed by atoms with van der Waals surface area (Å²) >= 11 is 0. The van der Waals surface area contributed by atoms with E-state index in [2.05, 4.69) is 36.5 Å². The molecule has 4 nitrogen and oxygen atoms in total. The lowest BCUT2D eigenvalue weighted by atomic mass is 9.97. The highest BCUT2D eigenvalue weighted by molar-refractivity contribution is 5.79. The minimum Gasteiger partial charge on any atom is -0.493 e. The molecule has 0 saturated heterocycles. The molecule has 0 saturated carbocycles. The molecule has 144 valence electrons. The fraction of sp³-hybridized carbons (Fsp3) is 0.208. The molecule has 3 aromatic carbocycles. The summed E-state index contributed by atoms with van der Waals surface area (Å²) in [7, 11) is 3.18. The summed E-state index contributed by atoms with van der Waals surface area (Å²) < 4.78 is 10.6. The average Bonchev–Trinajstić information content (AvgIpc) is 2.73. The van der Waals surface area contributed by atoms with Crippen LogP contribution in [0, 0.1) is 6.92 Å². The molecule has 0 aliphatic carbocycles. The quantitative estimate of drug-likeness (QED) is 0.663. The van der Waals surface area contributed by atoms with Gasteiger partial charge in [0.25, 0.3) is 0 Å². The van der Waals surface area contributed by atoms with Crippen LogP contribution in [0.25, 0.3) is 0 Å². The molecule has 28 heavy (non-hydrogen) atoms. The topological polar surface area (TPSA) is 47.6 Å². The summed E-state index contributed by atoms with van der Waals surface area (Å²) in [6, 6.07) is 23.6. The first-order chi connectivity index (χ1) is 13.6. The Labute approximate surface area is 166 Å². The van der Waals surface area contributed by atoms with Crippen LogP contribution < -0.4 is 14.8 Å². The third-order valence-electron chi connectivity index (χ3n) is 4.66. The summed E-state index contributed by atoms with van der Waals surface area (Å²) in [6.07, 6.45) is 0.259. The second-order valence-electron chi connectivity index (χ2n) is 6.69. The maximum absolute atomic E-state index is 12.8. The van der Waals surface area contributed by atoms with Crippen LogP contribution in [-0.2, 0) is 11.2 Å². The van der Waals surface area contributed by atoms with E-state index in [4.69, 9.17) is 9.47 Å². The maximum Gasteiger partial charge on any atom is 0.225 e. The van der Waals surface area contributed by atoms with Crippen LogP contribution in [0.4, 0.5) is 0 Å². The standard InChI is InChI=1S/C24H25NO3/c1-17-9-12-20(13-10-17)24(19-7-5-4-6-8-19)25-23(26)16-18-11-14-21(27-2)22(15-18)28-3/h4-15,24H,16H2,1-3H3,(H,25,26)/t24-/m1/s1. The van der Waals surface area contributed by atoms with E-state index >= 15 is 0 Å². The van der Waals surface area contributed by atoms with Crippen molar-refractivity contribution in [1.29, 1.82) is 0 Å². The highest BCUT2D eigenvalue weighted by Crippen LogP contribution is 2.28. The first kappa shape index (κ1) is 19.5. The maximum atomic E-state index is 12.8. The van der Waals surface area contributed by atoms with Gasteiger partial charge in [-0.05, 0) is 35.7 Å². The van der Waals surface area contributed by atoms with Gasteiger partial charge in [-0.3, -0.25) is 4.79 Å². The molecule has 0 unspecified atom stereocenters. The van der Waals surface area contributed by atoms with Crippen LogP contribution in [0.5, 0.6) is 11.5 Å². The van der Waals surface area contributed by atoms with Crippen molar-refractivity contribution in [3.05, 3.63) is 95.1 Å². The largest absolute Gasteiger partial charge is 0.493 e. The summed E-state index contributed by atoms with van der Waals surface area (Å²) in [5.41, 5.74) is 4.16. The molecule has 0 aliphatic heterocycles. The average molecular weight is 375 g/mol. The van der Waals surface area contributed by atoms with E-state index in [1.54, 1.807) is 14.2 Å². The van der Waals surface area contributed by atoms with Gasteiger partial charge in [0.2, 0.25) is 5.91 Å². The van der Waals surface area contributed by atoms with Crippen molar-refractivity contribution in [3.63, 3.8) is 0 Å². The molecule has 1 atom stereocenters. The molecule has 0 bridgehead atoms. The fourth-order valence-corrected chi connectivity index (χ4v) is 3.15. The van der Waals surface area contributed by atoms with E-state index < -0.39 is 0 Å². The smallest absolute Gasteiger partial charge is 0.225 e. The number of carbonyl (C=O) groups excluding carboxylic acids is 1. The van der Waals surface area contributed by atoms with Gasteiger partial charge in [0, 0.05) is 0 Å². The van der Waals surface area contributed by atoms with Gasteiger partial charge in [0.15, 0.2) is 11.5 Å². The molecule has 0 fully saturated rings. The first-order valence-electron chi connectivity index (χ1n) is 9.22. The van der Waals surface area contributed by atoms with Crippen LogP contribution in [0.3, 0.4) is 0 Å². The molecule has 0 heterocycles. The number of carbonyl (C=O) groups is 1. The second-order valence-corrected chi connectivity index (χ2v) is 6.69. The zero-order valence-electron chi connectivity index (χ0n) is 16.4. The lowest BCUT2D eigenvalue weighted by Crippen LogP contribution is -2.30. The Morgan fingerprint density at radius 2 is 1.50 bits per heavy atom. The normalized spacial score (nSPS) is 11.5. The van der Waals surface area contributed by atoms with Crippen molar-refractivity contribution < 1.29 is 14.3 Å². The van der Waals surface area contributed by atoms with Gasteiger partial charge in [0.1, 0.15) is 0 Å². The van der Waals surface area contributed by atoms with Crippen LogP contribution in [0.2, 0.25) is 0 Å². The predicted molar refractivity (Wildman–Crippen MR) is 111 cm³/mol. The summed E-state index contributed by atoms with van der Waals surface area (Å²) in [5, 5.41) is 3.17. The Hall–Kier alpha value is -3.27. The molecular weight excluding hydrogens is 350 g/mol. The number of amides is 1. The van der Waals surface area contributed by atoms with E-state index in [1.165, 1.54) is 5.56 Å². The van der Waals surface area contributed by atoms with Gasteiger partial charge in [0.05, 0.1) is 26.7 Å². The number of hydrogen-bond acceptors (Lipinski definition) is 3. The number of nitrogens with one attached hydrogen (secondary N) is 1. The van der Waals surface area contributed by atoms with Crippen LogP contribution >= 0.6 is 0 Å².